The number of carbonyl (C=O) groups excluding carboxylic acids is 1. The van der Waals surface area contributed by atoms with Crippen LogP contribution >= 0.6 is 0 Å². The maximum absolute atomic E-state index is 12.1. The molecule has 0 saturated carbocycles. The smallest absolute Gasteiger partial charge is 0.410 e. The minimum atomic E-state index is -0.866. The Morgan fingerprint density at radius 3 is 2.82 bits per heavy atom. The van der Waals surface area contributed by atoms with Gasteiger partial charge in [-0.25, -0.2) is 4.79 Å². The van der Waals surface area contributed by atoms with Gasteiger partial charge in [0.25, 0.3) is 0 Å². The van der Waals surface area contributed by atoms with Crippen LogP contribution in [0.2, 0.25) is 0 Å². The predicted molar refractivity (Wildman–Crippen MR) is 81.4 cm³/mol. The van der Waals surface area contributed by atoms with Gasteiger partial charge in [0, 0.05) is 19.6 Å². The lowest BCUT2D eigenvalue weighted by molar-refractivity contribution is -0.136. The largest absolute Gasteiger partial charge is 0.480 e. The minimum Gasteiger partial charge on any atom is -0.480 e. The van der Waals surface area contributed by atoms with Gasteiger partial charge in [0.1, 0.15) is 6.61 Å². The summed E-state index contributed by atoms with van der Waals surface area (Å²) in [5.74, 6) is -0.590. The van der Waals surface area contributed by atoms with Gasteiger partial charge in [-0.3, -0.25) is 4.79 Å². The minimum absolute atomic E-state index is 0.0467. The highest BCUT2D eigenvalue weighted by Gasteiger charge is 2.24. The fourth-order valence-corrected chi connectivity index (χ4v) is 2.59. The molecule has 1 heterocycles. The highest BCUT2D eigenvalue weighted by Crippen LogP contribution is 2.17. The zero-order valence-electron chi connectivity index (χ0n) is 12.5. The Kier molecular flexibility index (Phi) is 6.21. The van der Waals surface area contributed by atoms with Gasteiger partial charge in [-0.1, -0.05) is 30.3 Å². The molecule has 22 heavy (non-hydrogen) atoms. The number of carboxylic acids is 1. The molecule has 1 atom stereocenters. The maximum atomic E-state index is 12.1. The number of carboxylic acid groups (broad SMARTS) is 1. The van der Waals surface area contributed by atoms with E-state index in [0.29, 0.717) is 19.6 Å². The number of aliphatic carboxylic acids is 1. The number of nitrogens with zero attached hydrogens (tertiary/aromatic N) is 1. The molecule has 6 heteroatoms. The van der Waals surface area contributed by atoms with Gasteiger partial charge < -0.3 is 20.1 Å². The van der Waals surface area contributed by atoms with Crippen LogP contribution < -0.4 is 5.32 Å². The molecule has 0 radical (unpaired) electrons. The molecule has 1 aromatic rings. The number of nitrogens with one attached hydrogen (secondary N) is 1. The number of likely N-dealkylation sites (tertiary alicyclic amines) is 1. The first-order valence-corrected chi connectivity index (χ1v) is 7.53. The van der Waals surface area contributed by atoms with E-state index in [0.717, 1.165) is 18.4 Å². The topological polar surface area (TPSA) is 78.9 Å². The van der Waals surface area contributed by atoms with Crippen molar-refractivity contribution in [3.8, 4) is 0 Å². The number of amides is 1. The van der Waals surface area contributed by atoms with Crippen LogP contribution in [0.1, 0.15) is 18.4 Å². The Hall–Kier alpha value is -2.08. The van der Waals surface area contributed by atoms with Crippen LogP contribution in [0.5, 0.6) is 0 Å². The highest BCUT2D eigenvalue weighted by molar-refractivity contribution is 5.69. The van der Waals surface area contributed by atoms with Gasteiger partial charge in [0.2, 0.25) is 0 Å². The van der Waals surface area contributed by atoms with Crippen LogP contribution in [-0.4, -0.2) is 48.2 Å². The molecule has 1 aromatic carbocycles. The molecule has 6 nitrogen and oxygen atoms in total. The molecule has 1 fully saturated rings. The van der Waals surface area contributed by atoms with Crippen molar-refractivity contribution in [1.29, 1.82) is 0 Å². The molecule has 120 valence electrons. The van der Waals surface area contributed by atoms with Gasteiger partial charge in [-0.2, -0.15) is 0 Å². The number of piperidine rings is 1. The number of rotatable bonds is 6. The summed E-state index contributed by atoms with van der Waals surface area (Å²) in [5.41, 5.74) is 0.965. The molecule has 0 bridgehead atoms. The van der Waals surface area contributed by atoms with E-state index in [1.54, 1.807) is 4.90 Å². The standard InChI is InChI=1S/C16H22N2O4/c19-15(20)10-17-9-14-7-4-8-18(11-14)16(21)22-12-13-5-2-1-3-6-13/h1-3,5-6,14,17H,4,7-12H2,(H,19,20). The predicted octanol–water partition coefficient (Wildman–Crippen LogP) is 1.71. The molecule has 0 aromatic heterocycles. The van der Waals surface area contributed by atoms with Gasteiger partial charge in [-0.15, -0.1) is 0 Å². The van der Waals surface area contributed by atoms with E-state index in [2.05, 4.69) is 5.32 Å². The molecule has 0 spiro atoms. The zero-order valence-corrected chi connectivity index (χ0v) is 12.5. The summed E-state index contributed by atoms with van der Waals surface area (Å²) in [4.78, 5) is 24.3. The van der Waals surface area contributed by atoms with Crippen molar-refractivity contribution in [2.24, 2.45) is 5.92 Å². The summed E-state index contributed by atoms with van der Waals surface area (Å²) >= 11 is 0. The zero-order chi connectivity index (χ0) is 15.8. The van der Waals surface area contributed by atoms with Gasteiger partial charge in [0.15, 0.2) is 0 Å². The fraction of sp³-hybridized carbons (Fsp3) is 0.500. The third kappa shape index (κ3) is 5.37. The summed E-state index contributed by atoms with van der Waals surface area (Å²) in [6, 6.07) is 9.58. The van der Waals surface area contributed by atoms with E-state index in [4.69, 9.17) is 9.84 Å². The first-order chi connectivity index (χ1) is 10.6. The number of hydrogen-bond donors (Lipinski definition) is 2. The average Bonchev–Trinajstić information content (AvgIpc) is 2.53. The fourth-order valence-electron chi connectivity index (χ4n) is 2.59. The maximum Gasteiger partial charge on any atom is 0.410 e. The molecule has 0 aliphatic carbocycles. The molecular formula is C16H22N2O4. The van der Waals surface area contributed by atoms with Crippen molar-refractivity contribution in [2.75, 3.05) is 26.2 Å². The summed E-state index contributed by atoms with van der Waals surface area (Å²) in [6.07, 6.45) is 1.61. The van der Waals surface area contributed by atoms with Crippen molar-refractivity contribution in [1.82, 2.24) is 10.2 Å². The lowest BCUT2D eigenvalue weighted by atomic mass is 9.98. The second-order valence-corrected chi connectivity index (χ2v) is 5.52. The molecule has 1 aliphatic rings. The molecule has 1 amide bonds. The number of ether oxygens (including phenoxy) is 1. The Labute approximate surface area is 130 Å². The summed E-state index contributed by atoms with van der Waals surface area (Å²) < 4.78 is 5.33. The van der Waals surface area contributed by atoms with Crippen molar-refractivity contribution in [3.63, 3.8) is 0 Å². The van der Waals surface area contributed by atoms with E-state index < -0.39 is 5.97 Å². The number of hydrogen-bond acceptors (Lipinski definition) is 4. The van der Waals surface area contributed by atoms with E-state index in [-0.39, 0.29) is 25.2 Å². The van der Waals surface area contributed by atoms with Crippen molar-refractivity contribution < 1.29 is 19.4 Å². The Morgan fingerprint density at radius 2 is 2.09 bits per heavy atom. The molecule has 2 rings (SSSR count). The Morgan fingerprint density at radius 1 is 1.32 bits per heavy atom. The van der Waals surface area contributed by atoms with E-state index in [9.17, 15) is 9.59 Å². The van der Waals surface area contributed by atoms with Crippen molar-refractivity contribution in [3.05, 3.63) is 35.9 Å². The summed E-state index contributed by atoms with van der Waals surface area (Å²) in [7, 11) is 0. The Balaban J connectivity index is 1.73. The van der Waals surface area contributed by atoms with Gasteiger partial charge in [-0.05, 0) is 24.3 Å². The van der Waals surface area contributed by atoms with Gasteiger partial charge in [0.05, 0.1) is 6.54 Å². The molecule has 1 saturated heterocycles. The molecule has 1 aliphatic heterocycles. The lowest BCUT2D eigenvalue weighted by Crippen LogP contribution is -2.43. The first kappa shape index (κ1) is 16.3. The van der Waals surface area contributed by atoms with E-state index >= 15 is 0 Å². The Bertz CT molecular complexity index is 492. The van der Waals surface area contributed by atoms with Crippen LogP contribution in [0.4, 0.5) is 4.79 Å². The second kappa shape index (κ2) is 8.38. The number of carbonyl (C=O) groups is 2. The second-order valence-electron chi connectivity index (χ2n) is 5.52. The van der Waals surface area contributed by atoms with Crippen LogP contribution in [0.15, 0.2) is 30.3 Å². The van der Waals surface area contributed by atoms with Gasteiger partial charge >= 0.3 is 12.1 Å². The molecule has 1 unspecified atom stereocenters. The number of benzene rings is 1. The van der Waals surface area contributed by atoms with Crippen molar-refractivity contribution in [2.45, 2.75) is 19.4 Å². The average molecular weight is 306 g/mol. The van der Waals surface area contributed by atoms with Crippen molar-refractivity contribution >= 4 is 12.1 Å². The highest BCUT2D eigenvalue weighted by atomic mass is 16.6. The molecule has 2 N–H and O–H groups in total. The normalized spacial score (nSPS) is 18.0. The van der Waals surface area contributed by atoms with E-state index in [1.165, 1.54) is 0 Å². The van der Waals surface area contributed by atoms with Crippen LogP contribution in [0.25, 0.3) is 0 Å². The monoisotopic (exact) mass is 306 g/mol. The first-order valence-electron chi connectivity index (χ1n) is 7.53. The third-order valence-electron chi connectivity index (χ3n) is 3.69. The third-order valence-corrected chi connectivity index (χ3v) is 3.69. The SMILES string of the molecule is O=C(O)CNCC1CCCN(C(=O)OCc2ccccc2)C1. The lowest BCUT2D eigenvalue weighted by Gasteiger charge is -2.32. The van der Waals surface area contributed by atoms with Crippen LogP contribution in [-0.2, 0) is 16.1 Å². The summed E-state index contributed by atoms with van der Waals surface area (Å²) in [5, 5.41) is 11.5. The molecular weight excluding hydrogens is 284 g/mol. The van der Waals surface area contributed by atoms with E-state index in [1.807, 2.05) is 30.3 Å². The summed E-state index contributed by atoms with van der Waals surface area (Å²) in [6.45, 7) is 2.14. The quantitative estimate of drug-likeness (QED) is 0.836. The van der Waals surface area contributed by atoms with Crippen LogP contribution in [0, 0.1) is 5.92 Å². The van der Waals surface area contributed by atoms with Crippen LogP contribution in [0.3, 0.4) is 0 Å².